The van der Waals surface area contributed by atoms with E-state index in [9.17, 15) is 14.3 Å². The second-order valence-corrected chi connectivity index (χ2v) is 5.11. The Morgan fingerprint density at radius 3 is 2.85 bits per heavy atom. The van der Waals surface area contributed by atoms with Crippen LogP contribution in [-0.4, -0.2) is 65.1 Å². The van der Waals surface area contributed by atoms with Crippen LogP contribution in [0.3, 0.4) is 0 Å². The Balaban J connectivity index is 2.16. The highest BCUT2D eigenvalue weighted by molar-refractivity contribution is 5.94. The maximum Gasteiger partial charge on any atom is 0.257 e. The van der Waals surface area contributed by atoms with Gasteiger partial charge in [-0.15, -0.1) is 0 Å². The molecule has 1 aliphatic rings. The van der Waals surface area contributed by atoms with Gasteiger partial charge in [-0.25, -0.2) is 4.39 Å². The molecule has 1 aliphatic heterocycles. The lowest BCUT2D eigenvalue weighted by atomic mass is 10.0. The molecule has 1 N–H and O–H groups in total. The van der Waals surface area contributed by atoms with Crippen molar-refractivity contribution in [3.63, 3.8) is 0 Å². The average Bonchev–Trinajstić information content (AvgIpc) is 2.46. The van der Waals surface area contributed by atoms with Crippen molar-refractivity contribution in [1.82, 2.24) is 14.8 Å². The zero-order valence-corrected chi connectivity index (χ0v) is 11.6. The summed E-state index contributed by atoms with van der Waals surface area (Å²) in [4.78, 5) is 19.9. The van der Waals surface area contributed by atoms with E-state index in [0.29, 0.717) is 0 Å². The van der Waals surface area contributed by atoms with Gasteiger partial charge in [-0.3, -0.25) is 9.78 Å². The lowest BCUT2D eigenvalue weighted by Crippen LogP contribution is -2.47. The Labute approximate surface area is 118 Å². The van der Waals surface area contributed by atoms with Crippen LogP contribution in [-0.2, 0) is 0 Å². The van der Waals surface area contributed by atoms with E-state index in [1.165, 1.54) is 12.3 Å². The number of rotatable bonds is 4. The number of nitrogens with zero attached hydrogens (tertiary/aromatic N) is 3. The first-order chi connectivity index (χ1) is 9.63. The molecule has 0 saturated carbocycles. The number of hydrogen-bond acceptors (Lipinski definition) is 4. The first-order valence-corrected chi connectivity index (χ1v) is 6.83. The predicted molar refractivity (Wildman–Crippen MR) is 72.8 cm³/mol. The minimum Gasteiger partial charge on any atom is -0.395 e. The molecule has 110 valence electrons. The molecule has 0 aliphatic carbocycles. The van der Waals surface area contributed by atoms with Crippen LogP contribution in [0.25, 0.3) is 0 Å². The van der Waals surface area contributed by atoms with E-state index in [1.807, 2.05) is 7.05 Å². The van der Waals surface area contributed by atoms with Gasteiger partial charge in [-0.05, 0) is 39.0 Å². The van der Waals surface area contributed by atoms with Crippen LogP contribution < -0.4 is 0 Å². The van der Waals surface area contributed by atoms with Crippen molar-refractivity contribution in [1.29, 1.82) is 0 Å². The van der Waals surface area contributed by atoms with Crippen LogP contribution >= 0.6 is 0 Å². The minimum absolute atomic E-state index is 0.0207. The molecule has 2 rings (SSSR count). The number of carbonyl (C=O) groups excluding carboxylic acids is 1. The van der Waals surface area contributed by atoms with Crippen LogP contribution in [0.1, 0.15) is 23.2 Å². The van der Waals surface area contributed by atoms with Gasteiger partial charge in [0, 0.05) is 18.8 Å². The fraction of sp³-hybridized carbons (Fsp3) is 0.571. The fourth-order valence-electron chi connectivity index (χ4n) is 2.57. The molecular formula is C14H20FN3O2. The van der Waals surface area contributed by atoms with Gasteiger partial charge in [-0.1, -0.05) is 0 Å². The summed E-state index contributed by atoms with van der Waals surface area (Å²) in [5.74, 6) is -0.984. The topological polar surface area (TPSA) is 56.7 Å². The third kappa shape index (κ3) is 3.32. The van der Waals surface area contributed by atoms with E-state index < -0.39 is 5.82 Å². The van der Waals surface area contributed by atoms with Gasteiger partial charge in [0.25, 0.3) is 5.91 Å². The zero-order valence-electron chi connectivity index (χ0n) is 11.6. The largest absolute Gasteiger partial charge is 0.395 e. The molecule has 1 fully saturated rings. The van der Waals surface area contributed by atoms with Crippen molar-refractivity contribution in [3.05, 3.63) is 29.8 Å². The number of aliphatic hydroxyl groups excluding tert-OH is 1. The van der Waals surface area contributed by atoms with Crippen LogP contribution in [0.4, 0.5) is 4.39 Å². The normalized spacial score (nSPS) is 17.1. The fourth-order valence-corrected chi connectivity index (χ4v) is 2.57. The summed E-state index contributed by atoms with van der Waals surface area (Å²) in [7, 11) is 2.04. The molecular weight excluding hydrogens is 261 g/mol. The lowest BCUT2D eigenvalue weighted by Gasteiger charge is -2.37. The molecule has 1 saturated heterocycles. The summed E-state index contributed by atoms with van der Waals surface area (Å²) in [5.41, 5.74) is 0.0207. The number of amides is 1. The van der Waals surface area contributed by atoms with Crippen molar-refractivity contribution < 1.29 is 14.3 Å². The highest BCUT2D eigenvalue weighted by Crippen LogP contribution is 2.19. The van der Waals surface area contributed by atoms with Crippen LogP contribution in [0.5, 0.6) is 0 Å². The van der Waals surface area contributed by atoms with Gasteiger partial charge >= 0.3 is 0 Å². The molecule has 2 heterocycles. The Hall–Kier alpha value is -1.53. The molecule has 1 amide bonds. The van der Waals surface area contributed by atoms with Gasteiger partial charge in [0.1, 0.15) is 0 Å². The van der Waals surface area contributed by atoms with Crippen LogP contribution in [0.15, 0.2) is 18.5 Å². The maximum atomic E-state index is 13.7. The highest BCUT2D eigenvalue weighted by Gasteiger charge is 2.28. The minimum atomic E-state index is -0.617. The van der Waals surface area contributed by atoms with Gasteiger partial charge in [0.2, 0.25) is 0 Å². The summed E-state index contributed by atoms with van der Waals surface area (Å²) < 4.78 is 13.7. The van der Waals surface area contributed by atoms with Crippen LogP contribution in [0, 0.1) is 5.82 Å². The van der Waals surface area contributed by atoms with Crippen molar-refractivity contribution in [2.24, 2.45) is 0 Å². The molecule has 0 bridgehead atoms. The number of piperidine rings is 1. The number of likely N-dealkylation sites (tertiary alicyclic amines) is 1. The molecule has 1 aromatic heterocycles. The average molecular weight is 281 g/mol. The van der Waals surface area contributed by atoms with E-state index in [2.05, 4.69) is 9.88 Å². The van der Waals surface area contributed by atoms with Crippen molar-refractivity contribution in [2.75, 3.05) is 33.3 Å². The number of hydrogen-bond donors (Lipinski definition) is 1. The second-order valence-electron chi connectivity index (χ2n) is 5.11. The van der Waals surface area contributed by atoms with Gasteiger partial charge in [0.05, 0.1) is 18.4 Å². The Morgan fingerprint density at radius 1 is 1.55 bits per heavy atom. The highest BCUT2D eigenvalue weighted by atomic mass is 19.1. The van der Waals surface area contributed by atoms with Crippen molar-refractivity contribution >= 4 is 5.91 Å². The first kappa shape index (κ1) is 14.9. The molecule has 0 spiro atoms. The smallest absolute Gasteiger partial charge is 0.257 e. The molecule has 0 radical (unpaired) electrons. The predicted octanol–water partition coefficient (Wildman–Crippen LogP) is 0.749. The molecule has 5 nitrogen and oxygen atoms in total. The van der Waals surface area contributed by atoms with Gasteiger partial charge in [0.15, 0.2) is 5.82 Å². The van der Waals surface area contributed by atoms with Crippen LogP contribution in [0.2, 0.25) is 0 Å². The second kappa shape index (κ2) is 6.76. The van der Waals surface area contributed by atoms with E-state index >= 15 is 0 Å². The first-order valence-electron chi connectivity index (χ1n) is 6.83. The molecule has 1 aromatic rings. The van der Waals surface area contributed by atoms with Crippen molar-refractivity contribution in [2.45, 2.75) is 18.9 Å². The summed E-state index contributed by atoms with van der Waals surface area (Å²) in [6.07, 6.45) is 4.13. The summed E-state index contributed by atoms with van der Waals surface area (Å²) in [6, 6.07) is 1.44. The number of carbonyl (C=O) groups is 1. The maximum absolute atomic E-state index is 13.7. The molecule has 0 atom stereocenters. The quantitative estimate of drug-likeness (QED) is 0.885. The van der Waals surface area contributed by atoms with Gasteiger partial charge < -0.3 is 14.9 Å². The Bertz CT molecular complexity index is 461. The van der Waals surface area contributed by atoms with Gasteiger partial charge in [-0.2, -0.15) is 0 Å². The summed E-state index contributed by atoms with van der Waals surface area (Å²) in [6.45, 7) is 1.91. The molecule has 0 aromatic carbocycles. The number of aliphatic hydroxyl groups is 1. The van der Waals surface area contributed by atoms with E-state index in [-0.39, 0.29) is 30.7 Å². The standard InChI is InChI=1S/C14H20FN3O2/c1-17-6-3-11(4-7-17)18(8-9-19)14(20)12-2-5-16-10-13(12)15/h2,5,10-11,19H,3-4,6-9H2,1H3. The number of halogens is 1. The van der Waals surface area contributed by atoms with E-state index in [0.717, 1.165) is 32.1 Å². The third-order valence-electron chi connectivity index (χ3n) is 3.73. The SMILES string of the molecule is CN1CCC(N(CCO)C(=O)c2ccncc2F)CC1. The zero-order chi connectivity index (χ0) is 14.5. The van der Waals surface area contributed by atoms with E-state index in [1.54, 1.807) is 4.90 Å². The monoisotopic (exact) mass is 281 g/mol. The van der Waals surface area contributed by atoms with E-state index in [4.69, 9.17) is 0 Å². The van der Waals surface area contributed by atoms with Crippen molar-refractivity contribution in [3.8, 4) is 0 Å². The Morgan fingerprint density at radius 2 is 2.25 bits per heavy atom. The molecule has 20 heavy (non-hydrogen) atoms. The summed E-state index contributed by atoms with van der Waals surface area (Å²) in [5, 5.41) is 9.17. The Kier molecular flexibility index (Phi) is 5.03. The number of pyridine rings is 1. The number of aromatic nitrogens is 1. The summed E-state index contributed by atoms with van der Waals surface area (Å²) >= 11 is 0. The third-order valence-corrected chi connectivity index (χ3v) is 3.73. The molecule has 0 unspecified atom stereocenters. The molecule has 6 heteroatoms. The lowest BCUT2D eigenvalue weighted by molar-refractivity contribution is 0.0535.